The molecule has 0 aliphatic carbocycles. The Morgan fingerprint density at radius 2 is 0.507 bits per heavy atom. The number of benzene rings is 18. The van der Waals surface area contributed by atoms with Crippen molar-refractivity contribution in [3.63, 3.8) is 0 Å². The summed E-state index contributed by atoms with van der Waals surface area (Å²) < 4.78 is 25.2. The molecule has 27 aromatic rings. The first-order valence-electron chi connectivity index (χ1n) is 46.1. The summed E-state index contributed by atoms with van der Waals surface area (Å²) in [7, 11) is 0. The molecule has 21 nitrogen and oxygen atoms in total. The first-order chi connectivity index (χ1) is 71.1. The second-order valence-corrected chi connectivity index (χ2v) is 34.3. The van der Waals surface area contributed by atoms with Gasteiger partial charge in [0.25, 0.3) is 0 Å². The molecular weight excluding hydrogens is 1780 g/mol. The van der Waals surface area contributed by atoms with Crippen molar-refractivity contribution in [1.29, 1.82) is 15.8 Å². The summed E-state index contributed by atoms with van der Waals surface area (Å²) in [4.78, 5) is 55.3. The number of furan rings is 3. The lowest BCUT2D eigenvalue weighted by molar-refractivity contribution is 0.669. The fourth-order valence-electron chi connectivity index (χ4n) is 19.6. The van der Waals surface area contributed by atoms with E-state index in [1.165, 1.54) is 0 Å². The van der Waals surface area contributed by atoms with E-state index in [-0.39, 0.29) is 0 Å². The van der Waals surface area contributed by atoms with E-state index >= 15 is 0 Å². The van der Waals surface area contributed by atoms with Gasteiger partial charge >= 0.3 is 0 Å². The second-order valence-electron chi connectivity index (χ2n) is 34.3. The van der Waals surface area contributed by atoms with Crippen LogP contribution in [0.1, 0.15) is 16.7 Å². The van der Waals surface area contributed by atoms with E-state index in [9.17, 15) is 15.8 Å². The molecule has 0 bridgehead atoms. The Labute approximate surface area is 819 Å². The highest BCUT2D eigenvalue weighted by Crippen LogP contribution is 2.49. The average Bonchev–Trinajstić information content (AvgIpc) is 1.56. The van der Waals surface area contributed by atoms with Crippen molar-refractivity contribution in [2.75, 3.05) is 0 Å². The van der Waals surface area contributed by atoms with Crippen LogP contribution in [0.4, 0.5) is 17.1 Å². The van der Waals surface area contributed by atoms with Gasteiger partial charge in [-0.3, -0.25) is 0 Å². The predicted octanol–water partition coefficient (Wildman–Crippen LogP) is 30.9. The van der Waals surface area contributed by atoms with Gasteiger partial charge in [-0.1, -0.05) is 297 Å². The van der Waals surface area contributed by atoms with E-state index in [2.05, 4.69) is 98.0 Å². The third-order valence-corrected chi connectivity index (χ3v) is 26.1. The van der Waals surface area contributed by atoms with Gasteiger partial charge in [0, 0.05) is 115 Å². The van der Waals surface area contributed by atoms with E-state index in [1.54, 1.807) is 36.4 Å². The van der Waals surface area contributed by atoms with Gasteiger partial charge in [-0.25, -0.2) is 59.4 Å². The summed E-state index contributed by atoms with van der Waals surface area (Å²) in [6, 6.07) is 137. The lowest BCUT2D eigenvalue weighted by atomic mass is 10.0. The Morgan fingerprint density at radius 3 is 0.903 bits per heavy atom. The summed E-state index contributed by atoms with van der Waals surface area (Å²) in [6.45, 7) is 24.9. The van der Waals surface area contributed by atoms with E-state index in [1.807, 2.05) is 312 Å². The van der Waals surface area contributed by atoms with Gasteiger partial charge in [0.2, 0.25) is 0 Å². The van der Waals surface area contributed by atoms with Crippen LogP contribution in [0.3, 0.4) is 0 Å². The molecule has 0 spiro atoms. The summed E-state index contributed by atoms with van der Waals surface area (Å²) in [5, 5.41) is 44.1. The number of rotatable bonds is 12. The molecule has 9 heterocycles. The maximum Gasteiger partial charge on any atom is 0.200 e. The summed E-state index contributed by atoms with van der Waals surface area (Å²) in [5.41, 5.74) is 20.1. The minimum atomic E-state index is 0.316. The van der Waals surface area contributed by atoms with Crippen LogP contribution in [0.25, 0.3) is 265 Å². The fourth-order valence-corrected chi connectivity index (χ4v) is 19.6. The highest BCUT2D eigenvalue weighted by atomic mass is 16.3. The van der Waals surface area contributed by atoms with Gasteiger partial charge in [0.1, 0.15) is 46.1 Å². The monoisotopic (exact) mass is 1840 g/mol. The van der Waals surface area contributed by atoms with Crippen LogP contribution in [-0.4, -0.2) is 58.6 Å². The first-order valence-corrected chi connectivity index (χ1v) is 46.1. The lowest BCUT2D eigenvalue weighted by Gasteiger charge is -2.14. The van der Waals surface area contributed by atoms with Crippen LogP contribution in [0.5, 0.6) is 0 Å². The van der Waals surface area contributed by atoms with Gasteiger partial charge in [0.15, 0.2) is 75.1 Å². The van der Waals surface area contributed by atoms with E-state index in [0.717, 1.165) is 165 Å². The molecule has 0 N–H and O–H groups in total. The Hall–Kier alpha value is -21.3. The quantitative estimate of drug-likeness (QED) is 0.103. The van der Waals surface area contributed by atoms with E-state index < -0.39 is 0 Å². The maximum atomic E-state index is 10.7. The van der Waals surface area contributed by atoms with Crippen LogP contribution in [0.15, 0.2) is 414 Å². The predicted molar refractivity (Wildman–Crippen MR) is 566 cm³/mol. The Balaban J connectivity index is 0.000000113. The molecule has 9 aromatic heterocycles. The Morgan fingerprint density at radius 1 is 0.215 bits per heavy atom. The van der Waals surface area contributed by atoms with Gasteiger partial charge in [0.05, 0.1) is 92.0 Å². The molecule has 0 saturated carbocycles. The average molecular weight is 1840 g/mol. The third kappa shape index (κ3) is 14.4. The molecular formula is C123H66N18O3. The summed E-state index contributed by atoms with van der Waals surface area (Å²) >= 11 is 0. The molecule has 0 saturated heterocycles. The van der Waals surface area contributed by atoms with Crippen molar-refractivity contribution >= 4 is 148 Å². The van der Waals surface area contributed by atoms with E-state index in [0.29, 0.717) is 120 Å². The molecule has 0 aliphatic heterocycles. The highest BCUT2D eigenvalue weighted by Gasteiger charge is 2.30. The van der Waals surface area contributed by atoms with Gasteiger partial charge in [-0.15, -0.1) is 0 Å². The van der Waals surface area contributed by atoms with Gasteiger partial charge < -0.3 is 27.0 Å². The lowest BCUT2D eigenvalue weighted by Crippen LogP contribution is -2.02. The highest BCUT2D eigenvalue weighted by molar-refractivity contribution is 6.26. The standard InChI is InChI=1S/3C41H22N6O/c1-43-33-22-35(47-34-18-10-8-16-28(34)30-21-31-29-17-9-11-19-37(29)48-38(31)23-36(30)47)27(24-42)20-32(33)41-45-39(25-12-4-2-5-13-25)44-40(46-41)26-14-6-3-7-15-26;1-43-32-23-34(47-33-18-10-8-16-28(33)29-20-21-36-37(38(29)47)30-17-9-11-19-35(30)48-36)27(24-42)22-31(32)41-45-39(25-12-4-2-5-13-25)44-40(46-41)26-14-6-3-7-15-26;1-43-33-23-35(47-34-18-10-8-16-28(34)30-20-21-31-29-17-9-11-19-36(29)48-38(31)37(30)47)27(24-42)22-32(33)41-45-39(25-12-4-2-5-13-25)44-40(46-41)26-14-6-3-7-15-26/h3*2-23H. The molecule has 0 unspecified atom stereocenters. The number of nitrogens with zero attached hydrogens (tertiary/aromatic N) is 18. The largest absolute Gasteiger partial charge is 0.456 e. The molecule has 0 fully saturated rings. The van der Waals surface area contributed by atoms with Gasteiger partial charge in [-0.2, -0.15) is 15.8 Å². The molecule has 0 aliphatic rings. The van der Waals surface area contributed by atoms with Crippen molar-refractivity contribution < 1.29 is 13.3 Å². The fraction of sp³-hybridized carbons (Fsp3) is 0. The van der Waals surface area contributed by atoms with Crippen molar-refractivity contribution in [3.05, 3.63) is 451 Å². The zero-order chi connectivity index (χ0) is 96.6. The molecule has 0 radical (unpaired) electrons. The number of hydrogen-bond acceptors (Lipinski definition) is 15. The topological polar surface area (TPSA) is 255 Å². The number of aromatic nitrogens is 12. The second kappa shape index (κ2) is 35.1. The van der Waals surface area contributed by atoms with Crippen LogP contribution < -0.4 is 0 Å². The molecule has 0 atom stereocenters. The first kappa shape index (κ1) is 84.5. The zero-order valence-electron chi connectivity index (χ0n) is 75.9. The van der Waals surface area contributed by atoms with Crippen molar-refractivity contribution in [2.45, 2.75) is 0 Å². The number of nitriles is 3. The molecule has 27 rings (SSSR count). The van der Waals surface area contributed by atoms with Crippen LogP contribution in [0, 0.1) is 53.7 Å². The Bertz CT molecular complexity index is 10100. The van der Waals surface area contributed by atoms with Crippen molar-refractivity contribution in [1.82, 2.24) is 58.6 Å². The van der Waals surface area contributed by atoms with Gasteiger partial charge in [-0.05, 0) is 97.1 Å². The van der Waals surface area contributed by atoms with Crippen LogP contribution >= 0.6 is 0 Å². The SMILES string of the molecule is [C-]#[N+]c1cc(-n2c3ccccc3c3cc4c(cc32)oc2ccccc24)c(C#N)cc1-c1nc(-c2ccccc2)nc(-c2ccccc2)n1.[C-]#[N+]c1cc(-n2c3ccccc3c3ccc4c5ccccc5oc4c32)c(C#N)cc1-c1nc(-c2ccccc2)nc(-c2ccccc2)n1.[C-]#[N+]c1cc(-n2c3ccccc3c3ccc4oc5ccccc5c4c32)c(C#N)cc1-c1nc(-c2ccccc2)nc(-c2ccccc2)n1. The van der Waals surface area contributed by atoms with Crippen LogP contribution in [0.2, 0.25) is 0 Å². The molecule has 666 valence electrons. The molecule has 21 heteroatoms. The smallest absolute Gasteiger partial charge is 0.200 e. The third-order valence-electron chi connectivity index (χ3n) is 26.1. The van der Waals surface area contributed by atoms with E-state index in [4.69, 9.17) is 77.8 Å². The number of fused-ring (bicyclic) bond motifs is 20. The molecule has 0 amide bonds. The molecule has 18 aromatic carbocycles. The number of para-hydroxylation sites is 6. The number of hydrogen-bond donors (Lipinski definition) is 0. The van der Waals surface area contributed by atoms with Crippen molar-refractivity contribution in [2.24, 2.45) is 0 Å². The maximum absolute atomic E-state index is 10.7. The summed E-state index contributed by atoms with van der Waals surface area (Å²) in [6.07, 6.45) is 0. The normalized spacial score (nSPS) is 11.3. The Kier molecular flexibility index (Phi) is 20.6. The minimum absolute atomic E-state index is 0.316. The zero-order valence-corrected chi connectivity index (χ0v) is 75.9. The minimum Gasteiger partial charge on any atom is -0.456 e. The summed E-state index contributed by atoms with van der Waals surface area (Å²) in [5.74, 6) is 3.85. The van der Waals surface area contributed by atoms with Crippen LogP contribution in [-0.2, 0) is 0 Å². The molecule has 144 heavy (non-hydrogen) atoms. The van der Waals surface area contributed by atoms with Crippen molar-refractivity contribution in [3.8, 4) is 138 Å².